The van der Waals surface area contributed by atoms with Crippen LogP contribution in [0.4, 0.5) is 4.79 Å². The highest BCUT2D eigenvalue weighted by atomic mass is 16.6. The van der Waals surface area contributed by atoms with Crippen LogP contribution in [0, 0.1) is 0 Å². The lowest BCUT2D eigenvalue weighted by molar-refractivity contribution is -0.157. The first-order valence-electron chi connectivity index (χ1n) is 10.7. The molecule has 0 fully saturated rings. The minimum Gasteiger partial charge on any atom is -0.460 e. The average molecular weight is 446 g/mol. The van der Waals surface area contributed by atoms with Crippen LogP contribution in [-0.2, 0) is 27.2 Å². The molecule has 0 saturated heterocycles. The Morgan fingerprint density at radius 1 is 1.06 bits per heavy atom. The number of carbonyl (C=O) groups is 2. The molecule has 1 aromatic carbocycles. The van der Waals surface area contributed by atoms with Crippen LogP contribution < -0.4 is 5.32 Å². The van der Waals surface area contributed by atoms with E-state index >= 15 is 0 Å². The zero-order chi connectivity index (χ0) is 23.9. The topological polar surface area (TPSA) is 103 Å². The lowest BCUT2D eigenvalue weighted by Crippen LogP contribution is -2.47. The quantitative estimate of drug-likeness (QED) is 0.603. The number of aliphatic hydroxyl groups excluding tert-OH is 1. The predicted molar refractivity (Wildman–Crippen MR) is 121 cm³/mol. The fourth-order valence-corrected chi connectivity index (χ4v) is 3.06. The van der Waals surface area contributed by atoms with E-state index in [2.05, 4.69) is 10.3 Å². The number of aromatic nitrogens is 2. The maximum absolute atomic E-state index is 12.3. The summed E-state index contributed by atoms with van der Waals surface area (Å²) in [5, 5.41) is 13.4. The van der Waals surface area contributed by atoms with Gasteiger partial charge in [-0.1, -0.05) is 30.3 Å². The molecule has 2 rings (SSSR count). The number of alkyl carbamates (subject to hydrolysis) is 1. The Hall–Kier alpha value is -2.87. The number of nitrogens with one attached hydrogen (secondary N) is 1. The predicted octanol–water partition coefficient (Wildman–Crippen LogP) is 3.46. The lowest BCUT2D eigenvalue weighted by atomic mass is 10.0. The highest BCUT2D eigenvalue weighted by Gasteiger charge is 2.29. The van der Waals surface area contributed by atoms with Crippen molar-refractivity contribution in [1.82, 2.24) is 14.9 Å². The van der Waals surface area contributed by atoms with Crippen molar-refractivity contribution in [1.29, 1.82) is 0 Å². The molecule has 0 aliphatic carbocycles. The summed E-state index contributed by atoms with van der Waals surface area (Å²) in [6.07, 6.45) is 1.68. The maximum Gasteiger partial charge on any atom is 0.407 e. The summed E-state index contributed by atoms with van der Waals surface area (Å²) < 4.78 is 12.6. The van der Waals surface area contributed by atoms with Gasteiger partial charge in [-0.05, 0) is 47.1 Å². The Kier molecular flexibility index (Phi) is 8.44. The van der Waals surface area contributed by atoms with Crippen LogP contribution in [0.2, 0.25) is 0 Å². The Labute approximate surface area is 189 Å². The number of hydrogen-bond acceptors (Lipinski definition) is 6. The number of benzene rings is 1. The smallest absolute Gasteiger partial charge is 0.407 e. The third-order valence-corrected chi connectivity index (χ3v) is 4.29. The van der Waals surface area contributed by atoms with Gasteiger partial charge < -0.3 is 24.5 Å². The van der Waals surface area contributed by atoms with Crippen molar-refractivity contribution in [2.24, 2.45) is 0 Å². The molecule has 2 atom stereocenters. The van der Waals surface area contributed by atoms with E-state index in [9.17, 15) is 14.7 Å². The van der Waals surface area contributed by atoms with Gasteiger partial charge in [-0.15, -0.1) is 0 Å². The summed E-state index contributed by atoms with van der Waals surface area (Å²) >= 11 is 0. The Morgan fingerprint density at radius 3 is 2.28 bits per heavy atom. The molecule has 0 unspecified atom stereocenters. The van der Waals surface area contributed by atoms with Gasteiger partial charge in [-0.3, -0.25) is 4.79 Å². The van der Waals surface area contributed by atoms with Gasteiger partial charge >= 0.3 is 12.1 Å². The Bertz CT molecular complexity index is 881. The molecule has 0 aliphatic rings. The molecule has 0 spiro atoms. The number of hydrogen-bond donors (Lipinski definition) is 2. The minimum absolute atomic E-state index is 0.227. The maximum atomic E-state index is 12.3. The average Bonchev–Trinajstić information content (AvgIpc) is 3.05. The summed E-state index contributed by atoms with van der Waals surface area (Å²) in [5.74, 6) is -0.546. The summed E-state index contributed by atoms with van der Waals surface area (Å²) in [4.78, 5) is 28.9. The number of aliphatic hydroxyl groups is 1. The van der Waals surface area contributed by atoms with Crippen LogP contribution in [0.1, 0.15) is 59.2 Å². The summed E-state index contributed by atoms with van der Waals surface area (Å²) in [6.45, 7) is 11.2. The van der Waals surface area contributed by atoms with Crippen molar-refractivity contribution in [2.75, 3.05) is 0 Å². The van der Waals surface area contributed by atoms with Crippen LogP contribution >= 0.6 is 0 Å². The molecule has 8 heteroatoms. The second-order valence-electron chi connectivity index (χ2n) is 9.84. The summed E-state index contributed by atoms with van der Waals surface area (Å²) in [6, 6.07) is 9.18. The first kappa shape index (κ1) is 25.4. The first-order valence-corrected chi connectivity index (χ1v) is 10.7. The van der Waals surface area contributed by atoms with E-state index in [1.807, 2.05) is 41.1 Å². The number of amides is 1. The van der Waals surface area contributed by atoms with Crippen LogP contribution in [0.25, 0.3) is 0 Å². The van der Waals surface area contributed by atoms with Crippen molar-refractivity contribution in [3.63, 3.8) is 0 Å². The van der Waals surface area contributed by atoms with Gasteiger partial charge in [0, 0.05) is 19.2 Å². The summed E-state index contributed by atoms with van der Waals surface area (Å²) in [7, 11) is 0. The molecule has 0 bridgehead atoms. The molecule has 1 aromatic heterocycles. The SMILES string of the molecule is CC(C)(C)OC(=O)C[C@H](O)[C@H](Cc1cn(Cc2ccccc2)cn1)NC(=O)OC(C)(C)C. The molecule has 0 saturated carbocycles. The molecule has 2 N–H and O–H groups in total. The summed E-state index contributed by atoms with van der Waals surface area (Å²) in [5.41, 5.74) is 0.443. The van der Waals surface area contributed by atoms with E-state index in [-0.39, 0.29) is 12.8 Å². The third kappa shape index (κ3) is 9.51. The fraction of sp³-hybridized carbons (Fsp3) is 0.542. The van der Waals surface area contributed by atoms with Gasteiger partial charge in [-0.2, -0.15) is 0 Å². The highest BCUT2D eigenvalue weighted by molar-refractivity contribution is 5.71. The Balaban J connectivity index is 2.09. The van der Waals surface area contributed by atoms with Gasteiger partial charge in [0.15, 0.2) is 0 Å². The van der Waals surface area contributed by atoms with Crippen molar-refractivity contribution in [2.45, 2.75) is 84.3 Å². The van der Waals surface area contributed by atoms with Crippen LogP contribution in [0.5, 0.6) is 0 Å². The van der Waals surface area contributed by atoms with Crippen molar-refractivity contribution in [3.8, 4) is 0 Å². The number of imidazole rings is 1. The highest BCUT2D eigenvalue weighted by Crippen LogP contribution is 2.14. The molecule has 2 aromatic rings. The first-order chi connectivity index (χ1) is 14.8. The number of ether oxygens (including phenoxy) is 2. The Morgan fingerprint density at radius 2 is 1.69 bits per heavy atom. The van der Waals surface area contributed by atoms with Crippen molar-refractivity contribution < 1.29 is 24.2 Å². The molecule has 1 amide bonds. The van der Waals surface area contributed by atoms with Crippen LogP contribution in [0.3, 0.4) is 0 Å². The number of rotatable bonds is 8. The molecule has 176 valence electrons. The number of esters is 1. The van der Waals surface area contributed by atoms with Gasteiger partial charge in [0.25, 0.3) is 0 Å². The van der Waals surface area contributed by atoms with E-state index in [1.54, 1.807) is 47.9 Å². The largest absolute Gasteiger partial charge is 0.460 e. The third-order valence-electron chi connectivity index (χ3n) is 4.29. The van der Waals surface area contributed by atoms with Gasteiger partial charge in [0.1, 0.15) is 11.2 Å². The second-order valence-corrected chi connectivity index (χ2v) is 9.84. The molecule has 8 nitrogen and oxygen atoms in total. The normalized spacial score (nSPS) is 13.8. The number of nitrogens with zero attached hydrogens (tertiary/aromatic N) is 2. The second kappa shape index (κ2) is 10.6. The minimum atomic E-state index is -1.17. The fourth-order valence-electron chi connectivity index (χ4n) is 3.06. The van der Waals surface area contributed by atoms with Gasteiger partial charge in [0.2, 0.25) is 0 Å². The molecule has 0 aliphatic heterocycles. The molecular weight excluding hydrogens is 410 g/mol. The van der Waals surface area contributed by atoms with E-state index in [0.29, 0.717) is 12.2 Å². The van der Waals surface area contributed by atoms with Crippen molar-refractivity contribution >= 4 is 12.1 Å². The molecule has 1 heterocycles. The van der Waals surface area contributed by atoms with E-state index in [1.165, 1.54) is 0 Å². The molecule has 32 heavy (non-hydrogen) atoms. The van der Waals surface area contributed by atoms with Crippen molar-refractivity contribution in [3.05, 3.63) is 54.1 Å². The van der Waals surface area contributed by atoms with E-state index in [4.69, 9.17) is 9.47 Å². The molecular formula is C24H35N3O5. The molecule has 0 radical (unpaired) electrons. The van der Waals surface area contributed by atoms with E-state index < -0.39 is 35.4 Å². The standard InChI is InChI=1S/C24H35N3O5/c1-23(2,3)31-21(29)13-20(28)19(26-22(30)32-24(4,5)6)12-18-15-27(16-25-18)14-17-10-8-7-9-11-17/h7-11,15-16,19-20,28H,12-14H2,1-6H3,(H,26,30)/t19-,20-/m0/s1. The zero-order valence-electron chi connectivity index (χ0n) is 19.8. The van der Waals surface area contributed by atoms with Gasteiger partial charge in [-0.25, -0.2) is 9.78 Å². The van der Waals surface area contributed by atoms with Crippen LogP contribution in [0.15, 0.2) is 42.9 Å². The van der Waals surface area contributed by atoms with Gasteiger partial charge in [0.05, 0.1) is 30.6 Å². The lowest BCUT2D eigenvalue weighted by Gasteiger charge is -2.27. The van der Waals surface area contributed by atoms with Crippen LogP contribution in [-0.4, -0.2) is 50.1 Å². The zero-order valence-corrected chi connectivity index (χ0v) is 19.8. The monoisotopic (exact) mass is 445 g/mol. The number of carbonyl (C=O) groups excluding carboxylic acids is 2. The van der Waals surface area contributed by atoms with E-state index in [0.717, 1.165) is 5.56 Å².